The van der Waals surface area contributed by atoms with Gasteiger partial charge in [-0.2, -0.15) is 0 Å². The Hall–Kier alpha value is -2.36. The summed E-state index contributed by atoms with van der Waals surface area (Å²) in [5, 5.41) is 8.93. The van der Waals surface area contributed by atoms with Crippen LogP contribution < -0.4 is 4.90 Å². The summed E-state index contributed by atoms with van der Waals surface area (Å²) in [6, 6.07) is 12.6. The first-order chi connectivity index (χ1) is 8.58. The Balaban J connectivity index is 2.33. The molecule has 0 unspecified atom stereocenters. The zero-order valence-electron chi connectivity index (χ0n) is 9.80. The third-order valence-electron chi connectivity index (χ3n) is 2.69. The molecule has 0 aliphatic carbocycles. The van der Waals surface area contributed by atoms with Crippen LogP contribution >= 0.6 is 0 Å². The molecule has 1 N–H and O–H groups in total. The van der Waals surface area contributed by atoms with Crippen LogP contribution in [-0.4, -0.2) is 18.1 Å². The molecule has 0 aliphatic heterocycles. The standard InChI is InChI=1S/C14H12FNO2/c1-16(12-7-5-11(15)6-8-12)13-4-2-3-10(9-13)14(17)18/h2-9H,1H3,(H,17,18). The Kier molecular flexibility index (Phi) is 3.28. The Bertz CT molecular complexity index is 566. The second kappa shape index (κ2) is 4.87. The normalized spacial score (nSPS) is 10.1. The number of benzene rings is 2. The first kappa shape index (κ1) is 12.1. The number of hydrogen-bond acceptors (Lipinski definition) is 2. The summed E-state index contributed by atoms with van der Waals surface area (Å²) >= 11 is 0. The number of nitrogens with zero attached hydrogens (tertiary/aromatic N) is 1. The molecule has 0 aliphatic rings. The fraction of sp³-hybridized carbons (Fsp3) is 0.0714. The minimum Gasteiger partial charge on any atom is -0.478 e. The highest BCUT2D eigenvalue weighted by Gasteiger charge is 2.07. The fourth-order valence-electron chi connectivity index (χ4n) is 1.66. The minimum atomic E-state index is -0.968. The van der Waals surface area contributed by atoms with E-state index < -0.39 is 5.97 Å². The molecule has 2 rings (SSSR count). The molecule has 3 nitrogen and oxygen atoms in total. The predicted molar refractivity (Wildman–Crippen MR) is 67.9 cm³/mol. The minimum absolute atomic E-state index is 0.224. The summed E-state index contributed by atoms with van der Waals surface area (Å²) < 4.78 is 12.8. The summed E-state index contributed by atoms with van der Waals surface area (Å²) in [5.74, 6) is -1.27. The number of carboxylic acid groups (broad SMARTS) is 1. The van der Waals surface area contributed by atoms with Crippen LogP contribution in [0.15, 0.2) is 48.5 Å². The smallest absolute Gasteiger partial charge is 0.335 e. The monoisotopic (exact) mass is 245 g/mol. The molecule has 0 bridgehead atoms. The Labute approximate surface area is 104 Å². The molecule has 0 saturated carbocycles. The number of halogens is 1. The molecule has 2 aromatic rings. The van der Waals surface area contributed by atoms with E-state index >= 15 is 0 Å². The Morgan fingerprint density at radius 2 is 1.78 bits per heavy atom. The van der Waals surface area contributed by atoms with E-state index in [4.69, 9.17) is 5.11 Å². The van der Waals surface area contributed by atoms with Crippen LogP contribution in [0.5, 0.6) is 0 Å². The van der Waals surface area contributed by atoms with Crippen molar-refractivity contribution in [3.8, 4) is 0 Å². The van der Waals surface area contributed by atoms with E-state index in [0.29, 0.717) is 0 Å². The third kappa shape index (κ3) is 2.48. The first-order valence-electron chi connectivity index (χ1n) is 5.40. The molecule has 4 heteroatoms. The van der Waals surface area contributed by atoms with Gasteiger partial charge in [-0.25, -0.2) is 9.18 Å². The Morgan fingerprint density at radius 3 is 2.39 bits per heavy atom. The molecule has 0 atom stereocenters. The van der Waals surface area contributed by atoms with E-state index in [1.807, 2.05) is 0 Å². The van der Waals surface area contributed by atoms with Crippen molar-refractivity contribution in [3.05, 3.63) is 59.9 Å². The lowest BCUT2D eigenvalue weighted by atomic mass is 10.2. The molecule has 0 heterocycles. The van der Waals surface area contributed by atoms with Gasteiger partial charge in [0.25, 0.3) is 0 Å². The van der Waals surface area contributed by atoms with Crippen molar-refractivity contribution >= 4 is 17.3 Å². The van der Waals surface area contributed by atoms with Gasteiger partial charge in [0.2, 0.25) is 0 Å². The van der Waals surface area contributed by atoms with Crippen LogP contribution in [0.1, 0.15) is 10.4 Å². The van der Waals surface area contributed by atoms with E-state index in [1.54, 1.807) is 42.3 Å². The van der Waals surface area contributed by atoms with E-state index in [0.717, 1.165) is 11.4 Å². The van der Waals surface area contributed by atoms with Crippen molar-refractivity contribution < 1.29 is 14.3 Å². The molecule has 92 valence electrons. The number of anilines is 2. The number of hydrogen-bond donors (Lipinski definition) is 1. The highest BCUT2D eigenvalue weighted by Crippen LogP contribution is 2.24. The number of rotatable bonds is 3. The third-order valence-corrected chi connectivity index (χ3v) is 2.69. The van der Waals surface area contributed by atoms with Gasteiger partial charge in [-0.1, -0.05) is 6.07 Å². The second-order valence-electron chi connectivity index (χ2n) is 3.89. The summed E-state index contributed by atoms with van der Waals surface area (Å²) in [7, 11) is 1.80. The highest BCUT2D eigenvalue weighted by atomic mass is 19.1. The van der Waals surface area contributed by atoms with Crippen LogP contribution in [0.2, 0.25) is 0 Å². The SMILES string of the molecule is CN(c1ccc(F)cc1)c1cccc(C(=O)O)c1. The zero-order valence-corrected chi connectivity index (χ0v) is 9.80. The van der Waals surface area contributed by atoms with Crippen LogP contribution in [0.25, 0.3) is 0 Å². The molecular formula is C14H12FNO2. The molecule has 0 saturated heterocycles. The van der Waals surface area contributed by atoms with Gasteiger partial charge in [0.1, 0.15) is 5.82 Å². The molecule has 0 amide bonds. The first-order valence-corrected chi connectivity index (χ1v) is 5.40. The zero-order chi connectivity index (χ0) is 13.1. The van der Waals surface area contributed by atoms with E-state index in [-0.39, 0.29) is 11.4 Å². The van der Waals surface area contributed by atoms with Crippen LogP contribution in [0, 0.1) is 5.82 Å². The molecule has 0 fully saturated rings. The summed E-state index contributed by atoms with van der Waals surface area (Å²) in [4.78, 5) is 12.7. The molecule has 18 heavy (non-hydrogen) atoms. The van der Waals surface area contributed by atoms with E-state index in [9.17, 15) is 9.18 Å². The Morgan fingerprint density at radius 1 is 1.11 bits per heavy atom. The average molecular weight is 245 g/mol. The van der Waals surface area contributed by atoms with Gasteiger partial charge in [-0.05, 0) is 42.5 Å². The van der Waals surface area contributed by atoms with Gasteiger partial charge in [-0.15, -0.1) is 0 Å². The van der Waals surface area contributed by atoms with Gasteiger partial charge in [0.15, 0.2) is 0 Å². The molecule has 0 spiro atoms. The van der Waals surface area contributed by atoms with Gasteiger partial charge < -0.3 is 10.0 Å². The highest BCUT2D eigenvalue weighted by molar-refractivity contribution is 5.89. The summed E-state index contributed by atoms with van der Waals surface area (Å²) in [6.45, 7) is 0. The van der Waals surface area contributed by atoms with Crippen LogP contribution in [0.4, 0.5) is 15.8 Å². The van der Waals surface area contributed by atoms with E-state index in [1.165, 1.54) is 18.2 Å². The largest absolute Gasteiger partial charge is 0.478 e. The van der Waals surface area contributed by atoms with Crippen molar-refractivity contribution in [3.63, 3.8) is 0 Å². The van der Waals surface area contributed by atoms with Crippen molar-refractivity contribution in [2.45, 2.75) is 0 Å². The van der Waals surface area contributed by atoms with Crippen molar-refractivity contribution in [1.82, 2.24) is 0 Å². The lowest BCUT2D eigenvalue weighted by Gasteiger charge is -2.19. The van der Waals surface area contributed by atoms with E-state index in [2.05, 4.69) is 0 Å². The van der Waals surface area contributed by atoms with Gasteiger partial charge in [-0.3, -0.25) is 0 Å². The quantitative estimate of drug-likeness (QED) is 0.902. The lowest BCUT2D eigenvalue weighted by molar-refractivity contribution is 0.0697. The van der Waals surface area contributed by atoms with Crippen molar-refractivity contribution in [1.29, 1.82) is 0 Å². The lowest BCUT2D eigenvalue weighted by Crippen LogP contribution is -2.10. The van der Waals surface area contributed by atoms with Crippen LogP contribution in [0.3, 0.4) is 0 Å². The molecule has 0 radical (unpaired) electrons. The molecular weight excluding hydrogens is 233 g/mol. The topological polar surface area (TPSA) is 40.5 Å². The molecule has 0 aromatic heterocycles. The van der Waals surface area contributed by atoms with Crippen molar-refractivity contribution in [2.24, 2.45) is 0 Å². The maximum Gasteiger partial charge on any atom is 0.335 e. The van der Waals surface area contributed by atoms with Gasteiger partial charge in [0.05, 0.1) is 5.56 Å². The fourth-order valence-corrected chi connectivity index (χ4v) is 1.66. The molecule has 2 aromatic carbocycles. The maximum absolute atomic E-state index is 12.8. The number of aromatic carboxylic acids is 1. The number of carbonyl (C=O) groups is 1. The average Bonchev–Trinajstić information content (AvgIpc) is 2.39. The van der Waals surface area contributed by atoms with Gasteiger partial charge in [0, 0.05) is 18.4 Å². The summed E-state index contributed by atoms with van der Waals surface area (Å²) in [6.07, 6.45) is 0. The maximum atomic E-state index is 12.8. The second-order valence-corrected chi connectivity index (χ2v) is 3.89. The summed E-state index contributed by atoms with van der Waals surface area (Å²) in [5.41, 5.74) is 1.75. The van der Waals surface area contributed by atoms with Gasteiger partial charge >= 0.3 is 5.97 Å². The van der Waals surface area contributed by atoms with Crippen molar-refractivity contribution in [2.75, 3.05) is 11.9 Å². The number of carboxylic acids is 1. The predicted octanol–water partition coefficient (Wildman–Crippen LogP) is 3.29. The van der Waals surface area contributed by atoms with Crippen LogP contribution in [-0.2, 0) is 0 Å².